The molecular weight excluding hydrogens is 1110 g/mol. The van der Waals surface area contributed by atoms with E-state index < -0.39 is 27.8 Å². The van der Waals surface area contributed by atoms with Crippen molar-refractivity contribution in [3.63, 3.8) is 0 Å². The van der Waals surface area contributed by atoms with Gasteiger partial charge in [-0.15, -0.1) is 0 Å². The number of aromatic amines is 1. The molecule has 0 aliphatic heterocycles. The third-order valence-corrected chi connectivity index (χ3v) is 16.1. The summed E-state index contributed by atoms with van der Waals surface area (Å²) in [6, 6.07) is 20.7. The van der Waals surface area contributed by atoms with Crippen molar-refractivity contribution in [1.82, 2.24) is 39.3 Å². The van der Waals surface area contributed by atoms with Gasteiger partial charge in [0.05, 0.1) is 43.4 Å². The zero-order valence-corrected chi connectivity index (χ0v) is 43.9. The number of carboxylic acids is 1. The molecule has 21 heteroatoms. The van der Waals surface area contributed by atoms with Crippen molar-refractivity contribution < 1.29 is 28.8 Å². The zero-order valence-electron chi connectivity index (χ0n) is 36.1. The number of benzene rings is 4. The fourth-order valence-corrected chi connectivity index (χ4v) is 8.74. The van der Waals surface area contributed by atoms with Crippen LogP contribution < -0.4 is 15.2 Å². The number of hydrogen-bond donors (Lipinski definition) is 2. The maximum atomic E-state index is 12.0. The highest BCUT2D eigenvalue weighted by Crippen LogP contribution is 2.33. The quantitative estimate of drug-likeness (QED) is 0.0535. The minimum atomic E-state index is -1.21. The minimum Gasteiger partial charge on any atom is -0.478 e. The van der Waals surface area contributed by atoms with Gasteiger partial charge in [-0.1, -0.05) is 74.6 Å². The molecule has 0 unspecified atom stereocenters. The summed E-state index contributed by atoms with van der Waals surface area (Å²) >= 11 is 17.1. The number of H-pyrrole nitrogens is 1. The Balaban J connectivity index is 0.000000211. The van der Waals surface area contributed by atoms with Crippen LogP contribution in [-0.4, -0.2) is 79.7 Å². The Morgan fingerprint density at radius 1 is 0.730 bits per heavy atom. The first-order valence-corrected chi connectivity index (χ1v) is 30.2. The maximum absolute atomic E-state index is 12.0. The van der Waals surface area contributed by atoms with Gasteiger partial charge >= 0.3 is 23.7 Å². The summed E-state index contributed by atoms with van der Waals surface area (Å²) in [4.78, 5) is 32.7. The summed E-state index contributed by atoms with van der Waals surface area (Å²) in [5.41, 5.74) is 4.96. The van der Waals surface area contributed by atoms with Gasteiger partial charge in [0.15, 0.2) is 0 Å². The molecule has 0 radical (unpaired) electrons. The number of rotatable bonds is 16. The number of imidazole rings is 2. The van der Waals surface area contributed by atoms with Crippen LogP contribution in [0.3, 0.4) is 0 Å². The first-order valence-electron chi connectivity index (χ1n) is 19.8. The lowest BCUT2D eigenvalue weighted by molar-refractivity contribution is 0.0695. The van der Waals surface area contributed by atoms with Crippen LogP contribution in [-0.2, 0) is 22.9 Å². The van der Waals surface area contributed by atoms with Crippen LogP contribution in [0.5, 0.6) is 23.5 Å². The second kappa shape index (κ2) is 20.5. The number of aromatic carboxylic acids is 1. The van der Waals surface area contributed by atoms with Crippen LogP contribution in [0.15, 0.2) is 65.5 Å². The van der Waals surface area contributed by atoms with Crippen LogP contribution in [0.2, 0.25) is 61.4 Å². The van der Waals surface area contributed by atoms with Gasteiger partial charge in [-0.3, -0.25) is 9.13 Å². The van der Waals surface area contributed by atoms with Crippen LogP contribution in [0, 0.1) is 21.0 Å². The van der Waals surface area contributed by atoms with Gasteiger partial charge in [-0.05, 0) is 135 Å². The summed E-state index contributed by atoms with van der Waals surface area (Å²) in [6.45, 7) is 19.3. The molecule has 0 saturated heterocycles. The number of carbonyl (C=O) groups is 1. The van der Waals surface area contributed by atoms with Gasteiger partial charge in [-0.25, -0.2) is 14.7 Å². The number of aryl methyl sites for hydroxylation is 2. The van der Waals surface area contributed by atoms with E-state index in [0.717, 1.165) is 46.9 Å². The van der Waals surface area contributed by atoms with E-state index in [2.05, 4.69) is 110 Å². The molecule has 4 aromatic carbocycles. The topological polar surface area (TPSA) is 173 Å². The number of fused-ring (bicyclic) bond motifs is 2. The number of nitrogens with one attached hydrogen (secondary N) is 1. The number of halogens is 4. The van der Waals surface area contributed by atoms with E-state index in [1.807, 2.05) is 52.5 Å². The lowest BCUT2D eigenvalue weighted by atomic mass is 10.1. The first-order chi connectivity index (χ1) is 29.7. The fraction of sp³-hybridized carbons (Fsp3) is 0.333. The number of ether oxygens (including phenoxy) is 4. The Bertz CT molecular complexity index is 2840. The van der Waals surface area contributed by atoms with Gasteiger partial charge < -0.3 is 24.1 Å². The molecule has 2 N–H and O–H groups in total. The molecule has 0 amide bonds. The van der Waals surface area contributed by atoms with E-state index in [4.69, 9.17) is 42.1 Å². The Morgan fingerprint density at radius 3 is 1.65 bits per heavy atom. The van der Waals surface area contributed by atoms with E-state index in [9.17, 15) is 14.7 Å². The molecule has 334 valence electrons. The molecule has 0 aliphatic rings. The van der Waals surface area contributed by atoms with Gasteiger partial charge in [-0.2, -0.15) is 14.6 Å². The third kappa shape index (κ3) is 12.7. The minimum absolute atomic E-state index is 0.194. The van der Waals surface area contributed by atoms with Crippen molar-refractivity contribution in [2.75, 3.05) is 13.2 Å². The molecule has 3 aromatic heterocycles. The summed E-state index contributed by atoms with van der Waals surface area (Å²) in [5, 5.41) is 20.3. The lowest BCUT2D eigenvalue weighted by Gasteiger charge is -2.16. The molecule has 63 heavy (non-hydrogen) atoms. The molecule has 0 spiro atoms. The standard InChI is InChI=1S/C21H24ClIN6O3Si.C21H24ClIN2O4Si/c1-13-5-6-14(9-18(13)29-20(30)25-26-27-29)32-21-24-17-11-16(23)15(22)10-19(17)28(21)12-31-7-8-33(2,3)4;1-13-5-6-14(9-15(13)20(26)27)29-21-24-18-11-17(23)16(22)10-19(18)25(21)12-28-7-8-30(2,3)4/h5-6,9-11H,7-8,12H2,1-4H3,(H,25,27,30);5-6,9-11H,7-8,12H2,1-4H3,(H,26,27). The van der Waals surface area contributed by atoms with Gasteiger partial charge in [0.25, 0.3) is 0 Å². The average molecular weight is 1160 g/mol. The highest BCUT2D eigenvalue weighted by molar-refractivity contribution is 14.1. The van der Waals surface area contributed by atoms with E-state index in [0.29, 0.717) is 58.0 Å². The predicted molar refractivity (Wildman–Crippen MR) is 268 cm³/mol. The molecule has 0 atom stereocenters. The van der Waals surface area contributed by atoms with Crippen LogP contribution in [0.25, 0.3) is 27.8 Å². The van der Waals surface area contributed by atoms with Crippen molar-refractivity contribution in [2.24, 2.45) is 0 Å². The Kier molecular flexibility index (Phi) is 15.9. The molecule has 15 nitrogen and oxygen atoms in total. The molecular formula is C42H48Cl2I2N8O7Si2. The van der Waals surface area contributed by atoms with Crippen molar-refractivity contribution >= 4 is 113 Å². The maximum Gasteiger partial charge on any atom is 0.365 e. The SMILES string of the molecule is Cc1ccc(Oc2nc3cc(I)c(Cl)cc3n2COCC[Si](C)(C)C)cc1-n1nn[nH]c1=O.Cc1ccc(Oc2nc3cc(I)c(Cl)cc3n2COCC[Si](C)(C)C)cc1C(=O)O. The van der Waals surface area contributed by atoms with Crippen LogP contribution >= 0.6 is 68.4 Å². The lowest BCUT2D eigenvalue weighted by Crippen LogP contribution is -2.22. The largest absolute Gasteiger partial charge is 0.478 e. The highest BCUT2D eigenvalue weighted by Gasteiger charge is 2.20. The summed E-state index contributed by atoms with van der Waals surface area (Å²) in [5.74, 6) is -0.0927. The average Bonchev–Trinajstić information content (AvgIpc) is 3.87. The second-order valence-electron chi connectivity index (χ2n) is 17.2. The summed E-state index contributed by atoms with van der Waals surface area (Å²) in [6.07, 6.45) is 0. The smallest absolute Gasteiger partial charge is 0.365 e. The molecule has 0 saturated carbocycles. The number of nitrogens with zero attached hydrogens (tertiary/aromatic N) is 7. The number of hydrogen-bond acceptors (Lipinski definition) is 10. The van der Waals surface area contributed by atoms with Crippen molar-refractivity contribution in [2.45, 2.75) is 78.7 Å². The van der Waals surface area contributed by atoms with E-state index in [1.54, 1.807) is 25.1 Å². The third-order valence-electron chi connectivity index (χ3n) is 9.68. The molecule has 0 bridgehead atoms. The van der Waals surface area contributed by atoms with Crippen molar-refractivity contribution in [3.8, 4) is 29.2 Å². The van der Waals surface area contributed by atoms with Crippen molar-refractivity contribution in [1.29, 1.82) is 0 Å². The van der Waals surface area contributed by atoms with Gasteiger partial charge in [0.2, 0.25) is 0 Å². The fourth-order valence-electron chi connectivity index (χ4n) is 6.01. The Hall–Kier alpha value is -3.85. The molecule has 3 heterocycles. The Morgan fingerprint density at radius 2 is 1.21 bits per heavy atom. The van der Waals surface area contributed by atoms with Gasteiger partial charge in [0, 0.05) is 42.6 Å². The monoisotopic (exact) mass is 1160 g/mol. The molecule has 0 fully saturated rings. The van der Waals surface area contributed by atoms with Crippen LogP contribution in [0.4, 0.5) is 0 Å². The van der Waals surface area contributed by atoms with E-state index in [1.165, 1.54) is 10.7 Å². The predicted octanol–water partition coefficient (Wildman–Crippen LogP) is 11.4. The van der Waals surface area contributed by atoms with Crippen molar-refractivity contribution in [3.05, 3.63) is 105 Å². The highest BCUT2D eigenvalue weighted by atomic mass is 127. The van der Waals surface area contributed by atoms with E-state index >= 15 is 0 Å². The summed E-state index contributed by atoms with van der Waals surface area (Å²) in [7, 11) is -2.42. The van der Waals surface area contributed by atoms with E-state index in [-0.39, 0.29) is 19.0 Å². The number of tetrazole rings is 1. The van der Waals surface area contributed by atoms with Crippen LogP contribution in [0.1, 0.15) is 21.5 Å². The zero-order chi connectivity index (χ0) is 45.8. The normalized spacial score (nSPS) is 11.9. The summed E-state index contributed by atoms with van der Waals surface area (Å²) < 4.78 is 30.7. The number of aromatic nitrogens is 8. The molecule has 7 aromatic rings. The van der Waals surface area contributed by atoms with Gasteiger partial charge in [0.1, 0.15) is 25.0 Å². The Labute approximate surface area is 403 Å². The molecule has 0 aliphatic carbocycles. The first kappa shape index (κ1) is 48.6. The molecule has 7 rings (SSSR count). The second-order valence-corrected chi connectivity index (χ2v) is 31.6. The number of carboxylic acid groups (broad SMARTS) is 1.